The average molecular weight is 210 g/mol. The van der Waals surface area contributed by atoms with Crippen LogP contribution in [0.2, 0.25) is 0 Å². The molecule has 0 aliphatic heterocycles. The van der Waals surface area contributed by atoms with Crippen molar-refractivity contribution in [2.24, 2.45) is 7.05 Å². The summed E-state index contributed by atoms with van der Waals surface area (Å²) in [4.78, 5) is 15.3. The Morgan fingerprint density at radius 2 is 2.27 bits per heavy atom. The maximum Gasteiger partial charge on any atom is 0.391 e. The van der Waals surface area contributed by atoms with E-state index in [9.17, 15) is 4.79 Å². The van der Waals surface area contributed by atoms with E-state index in [4.69, 9.17) is 0 Å². The summed E-state index contributed by atoms with van der Waals surface area (Å²) in [6.45, 7) is 4.05. The van der Waals surface area contributed by atoms with Gasteiger partial charge in [0.05, 0.1) is 26.4 Å². The molecule has 0 aliphatic carbocycles. The van der Waals surface area contributed by atoms with Crippen LogP contribution >= 0.6 is 0 Å². The van der Waals surface area contributed by atoms with Gasteiger partial charge in [0, 0.05) is 0 Å². The largest absolute Gasteiger partial charge is 0.465 e. The Hall–Kier alpha value is -1.65. The zero-order valence-corrected chi connectivity index (χ0v) is 9.44. The second-order valence-electron chi connectivity index (χ2n) is 3.57. The van der Waals surface area contributed by atoms with E-state index in [0.29, 0.717) is 11.6 Å². The van der Waals surface area contributed by atoms with Crippen molar-refractivity contribution in [3.8, 4) is 0 Å². The van der Waals surface area contributed by atoms with Crippen molar-refractivity contribution in [1.29, 1.82) is 0 Å². The van der Waals surface area contributed by atoms with Crippen LogP contribution in [0.4, 0.5) is 5.95 Å². The summed E-state index contributed by atoms with van der Waals surface area (Å²) in [5, 5.41) is 3.16. The standard InChI is InChI=1S/C10H15N3O2/c1-7(2)12-10-11-5-8(6-13(10)3)9(14)15-4/h5-7H,1-4H3/p+1. The number of carbonyl (C=O) groups is 1. The molecule has 1 heterocycles. The SMILES string of the molecule is COC(=O)c1cnc(NC(C)C)[n+](C)c1. The topological polar surface area (TPSA) is 55.1 Å². The molecule has 0 saturated heterocycles. The van der Waals surface area contributed by atoms with Crippen LogP contribution in [-0.2, 0) is 11.8 Å². The molecular weight excluding hydrogens is 194 g/mol. The normalized spacial score (nSPS) is 10.2. The molecular formula is C10H16N3O2+. The van der Waals surface area contributed by atoms with Gasteiger partial charge in [0.15, 0.2) is 0 Å². The summed E-state index contributed by atoms with van der Waals surface area (Å²) in [7, 11) is 3.17. The minimum absolute atomic E-state index is 0.299. The summed E-state index contributed by atoms with van der Waals surface area (Å²) in [6, 6.07) is 0.299. The molecule has 0 unspecified atom stereocenters. The fraction of sp³-hybridized carbons (Fsp3) is 0.500. The summed E-state index contributed by atoms with van der Waals surface area (Å²) in [5.41, 5.74) is 0.439. The highest BCUT2D eigenvalue weighted by Crippen LogP contribution is 2.00. The number of aryl methyl sites for hydroxylation is 1. The molecule has 0 amide bonds. The summed E-state index contributed by atoms with van der Waals surface area (Å²) < 4.78 is 6.36. The Morgan fingerprint density at radius 3 is 2.73 bits per heavy atom. The average Bonchev–Trinajstić information content (AvgIpc) is 2.19. The number of anilines is 1. The van der Waals surface area contributed by atoms with E-state index >= 15 is 0 Å². The van der Waals surface area contributed by atoms with Gasteiger partial charge in [-0.05, 0) is 13.8 Å². The van der Waals surface area contributed by atoms with Crippen molar-refractivity contribution in [1.82, 2.24) is 4.98 Å². The number of aromatic nitrogens is 2. The monoisotopic (exact) mass is 210 g/mol. The molecule has 5 nitrogen and oxygen atoms in total. The van der Waals surface area contributed by atoms with Crippen LogP contribution in [-0.4, -0.2) is 24.1 Å². The van der Waals surface area contributed by atoms with E-state index < -0.39 is 0 Å². The highest BCUT2D eigenvalue weighted by molar-refractivity contribution is 5.88. The quantitative estimate of drug-likeness (QED) is 0.583. The number of nitrogens with one attached hydrogen (secondary N) is 1. The molecule has 15 heavy (non-hydrogen) atoms. The number of hydrogen-bond acceptors (Lipinski definition) is 4. The lowest BCUT2D eigenvalue weighted by atomic mass is 10.3. The van der Waals surface area contributed by atoms with Crippen LogP contribution < -0.4 is 9.88 Å². The highest BCUT2D eigenvalue weighted by atomic mass is 16.5. The summed E-state index contributed by atoms with van der Waals surface area (Å²) >= 11 is 0. The number of esters is 1. The van der Waals surface area contributed by atoms with Crippen LogP contribution in [0.3, 0.4) is 0 Å². The second-order valence-corrected chi connectivity index (χ2v) is 3.57. The Balaban J connectivity index is 2.93. The van der Waals surface area contributed by atoms with Crippen LogP contribution in [0.25, 0.3) is 0 Å². The molecule has 0 fully saturated rings. The summed E-state index contributed by atoms with van der Waals surface area (Å²) in [5.74, 6) is 0.340. The van der Waals surface area contributed by atoms with Crippen LogP contribution in [0.1, 0.15) is 24.2 Å². The first-order valence-corrected chi connectivity index (χ1v) is 4.75. The zero-order chi connectivity index (χ0) is 11.4. The lowest BCUT2D eigenvalue weighted by Gasteiger charge is -2.05. The minimum atomic E-state index is -0.380. The van der Waals surface area contributed by atoms with Crippen LogP contribution in [0.15, 0.2) is 12.4 Å². The second kappa shape index (κ2) is 4.72. The molecule has 0 spiro atoms. The number of nitrogens with zero attached hydrogens (tertiary/aromatic N) is 2. The minimum Gasteiger partial charge on any atom is -0.465 e. The Bertz CT molecular complexity index is 364. The third-order valence-electron chi connectivity index (χ3n) is 1.83. The van der Waals surface area contributed by atoms with Gasteiger partial charge in [-0.25, -0.2) is 9.36 Å². The zero-order valence-electron chi connectivity index (χ0n) is 9.44. The molecule has 82 valence electrons. The third-order valence-corrected chi connectivity index (χ3v) is 1.83. The first-order chi connectivity index (χ1) is 7.04. The molecule has 0 radical (unpaired) electrons. The van der Waals surface area contributed by atoms with Crippen molar-refractivity contribution in [2.75, 3.05) is 12.4 Å². The Labute approximate surface area is 89.1 Å². The maximum atomic E-state index is 11.2. The van der Waals surface area contributed by atoms with Gasteiger partial charge in [0.1, 0.15) is 11.8 Å². The molecule has 5 heteroatoms. The fourth-order valence-electron chi connectivity index (χ4n) is 1.15. The number of rotatable bonds is 3. The molecule has 1 rings (SSSR count). The van der Waals surface area contributed by atoms with E-state index in [1.165, 1.54) is 13.3 Å². The van der Waals surface area contributed by atoms with Crippen molar-refractivity contribution < 1.29 is 14.1 Å². The van der Waals surface area contributed by atoms with Crippen molar-refractivity contribution in [3.05, 3.63) is 18.0 Å². The predicted molar refractivity (Wildman–Crippen MR) is 55.5 cm³/mol. The first kappa shape index (κ1) is 11.4. The van der Waals surface area contributed by atoms with Gasteiger partial charge in [-0.3, -0.25) is 5.32 Å². The van der Waals surface area contributed by atoms with Gasteiger partial charge in [-0.1, -0.05) is 4.98 Å². The van der Waals surface area contributed by atoms with Gasteiger partial charge in [0.2, 0.25) is 0 Å². The number of methoxy groups -OCH3 is 1. The van der Waals surface area contributed by atoms with Crippen molar-refractivity contribution >= 4 is 11.9 Å². The van der Waals surface area contributed by atoms with Gasteiger partial charge >= 0.3 is 11.9 Å². The van der Waals surface area contributed by atoms with E-state index in [1.807, 2.05) is 20.9 Å². The Kier molecular flexibility index (Phi) is 3.60. The Morgan fingerprint density at radius 1 is 1.60 bits per heavy atom. The van der Waals surface area contributed by atoms with Crippen LogP contribution in [0, 0.1) is 0 Å². The van der Waals surface area contributed by atoms with Crippen molar-refractivity contribution in [3.63, 3.8) is 0 Å². The molecule has 0 saturated carbocycles. The molecule has 1 aromatic rings. The maximum absolute atomic E-state index is 11.2. The van der Waals surface area contributed by atoms with Gasteiger partial charge in [0.25, 0.3) is 0 Å². The first-order valence-electron chi connectivity index (χ1n) is 4.75. The molecule has 0 aliphatic rings. The molecule has 1 N–H and O–H groups in total. The van der Waals surface area contributed by atoms with E-state index in [-0.39, 0.29) is 5.97 Å². The lowest BCUT2D eigenvalue weighted by molar-refractivity contribution is -0.660. The van der Waals surface area contributed by atoms with Gasteiger partial charge < -0.3 is 4.74 Å². The summed E-state index contributed by atoms with van der Waals surface area (Å²) in [6.07, 6.45) is 3.18. The van der Waals surface area contributed by atoms with Gasteiger partial charge in [-0.2, -0.15) is 0 Å². The predicted octanol–water partition coefficient (Wildman–Crippen LogP) is 0.513. The van der Waals surface area contributed by atoms with Crippen LogP contribution in [0.5, 0.6) is 0 Å². The molecule has 0 atom stereocenters. The van der Waals surface area contributed by atoms with Gasteiger partial charge in [-0.15, -0.1) is 0 Å². The number of ether oxygens (including phenoxy) is 1. The fourth-order valence-corrected chi connectivity index (χ4v) is 1.15. The lowest BCUT2D eigenvalue weighted by Crippen LogP contribution is -2.36. The number of carbonyl (C=O) groups excluding carboxylic acids is 1. The van der Waals surface area contributed by atoms with Crippen molar-refractivity contribution in [2.45, 2.75) is 19.9 Å². The van der Waals surface area contributed by atoms with E-state index in [1.54, 1.807) is 10.8 Å². The highest BCUT2D eigenvalue weighted by Gasteiger charge is 2.14. The van der Waals surface area contributed by atoms with E-state index in [2.05, 4.69) is 15.0 Å². The third kappa shape index (κ3) is 2.90. The van der Waals surface area contributed by atoms with E-state index in [0.717, 1.165) is 5.95 Å². The molecule has 0 aromatic carbocycles. The number of hydrogen-bond donors (Lipinski definition) is 1. The molecule has 0 bridgehead atoms. The smallest absolute Gasteiger partial charge is 0.391 e. The molecule has 1 aromatic heterocycles.